The summed E-state index contributed by atoms with van der Waals surface area (Å²) in [5, 5.41) is 11.7. The molecule has 8 nitrogen and oxygen atoms in total. The van der Waals surface area contributed by atoms with Crippen LogP contribution in [0.3, 0.4) is 0 Å². The van der Waals surface area contributed by atoms with Gasteiger partial charge in [-0.1, -0.05) is 11.8 Å². The van der Waals surface area contributed by atoms with Gasteiger partial charge in [0.05, 0.1) is 25.5 Å². The summed E-state index contributed by atoms with van der Waals surface area (Å²) in [5.41, 5.74) is 2.24. The van der Waals surface area contributed by atoms with Crippen molar-refractivity contribution in [2.45, 2.75) is 24.5 Å². The van der Waals surface area contributed by atoms with Crippen LogP contribution in [0.25, 0.3) is 11.5 Å². The summed E-state index contributed by atoms with van der Waals surface area (Å²) in [6.45, 7) is 0. The van der Waals surface area contributed by atoms with Crippen LogP contribution in [0.5, 0.6) is 5.75 Å². The van der Waals surface area contributed by atoms with Crippen molar-refractivity contribution in [2.24, 2.45) is 0 Å². The van der Waals surface area contributed by atoms with Gasteiger partial charge in [-0.3, -0.25) is 4.79 Å². The van der Waals surface area contributed by atoms with Gasteiger partial charge in [-0.25, -0.2) is 4.79 Å². The molecule has 1 amide bonds. The van der Waals surface area contributed by atoms with Crippen molar-refractivity contribution in [1.82, 2.24) is 10.2 Å². The predicted octanol–water partition coefficient (Wildman–Crippen LogP) is 3.81. The van der Waals surface area contributed by atoms with E-state index in [4.69, 9.17) is 13.9 Å². The molecule has 2 heterocycles. The number of aromatic nitrogens is 2. The smallest absolute Gasteiger partial charge is 0.341 e. The fraction of sp³-hybridized carbons (Fsp3) is 0.300. The Kier molecular flexibility index (Phi) is 6.05. The largest absolute Gasteiger partial charge is 0.497 e. The van der Waals surface area contributed by atoms with Crippen LogP contribution in [-0.4, -0.2) is 42.0 Å². The third-order valence-electron chi connectivity index (χ3n) is 4.63. The minimum absolute atomic E-state index is 0.0768. The van der Waals surface area contributed by atoms with Crippen molar-refractivity contribution in [3.8, 4) is 17.2 Å². The van der Waals surface area contributed by atoms with Gasteiger partial charge in [0, 0.05) is 10.4 Å². The van der Waals surface area contributed by atoms with Gasteiger partial charge in [0.1, 0.15) is 10.8 Å². The summed E-state index contributed by atoms with van der Waals surface area (Å²) in [7, 11) is 2.94. The van der Waals surface area contributed by atoms with Crippen molar-refractivity contribution in [1.29, 1.82) is 0 Å². The summed E-state index contributed by atoms with van der Waals surface area (Å²) in [4.78, 5) is 25.8. The number of carbonyl (C=O) groups is 2. The number of ether oxygens (including phenoxy) is 2. The van der Waals surface area contributed by atoms with E-state index in [0.29, 0.717) is 16.5 Å². The van der Waals surface area contributed by atoms with Crippen LogP contribution in [0, 0.1) is 0 Å². The van der Waals surface area contributed by atoms with Gasteiger partial charge in [-0.15, -0.1) is 21.5 Å². The molecule has 0 atom stereocenters. The van der Waals surface area contributed by atoms with E-state index in [1.807, 2.05) is 12.1 Å². The summed E-state index contributed by atoms with van der Waals surface area (Å²) >= 11 is 2.58. The number of benzene rings is 1. The average molecular weight is 446 g/mol. The number of methoxy groups -OCH3 is 2. The summed E-state index contributed by atoms with van der Waals surface area (Å²) in [6.07, 6.45) is 2.77. The molecule has 4 rings (SSSR count). The number of anilines is 1. The molecule has 0 aliphatic heterocycles. The van der Waals surface area contributed by atoms with E-state index in [1.165, 1.54) is 18.4 Å². The highest BCUT2D eigenvalue weighted by Gasteiger charge is 2.28. The molecular formula is C20H19N3O5S2. The molecule has 156 valence electrons. The van der Waals surface area contributed by atoms with Crippen molar-refractivity contribution in [2.75, 3.05) is 25.3 Å². The molecule has 0 spiro atoms. The number of rotatable bonds is 7. The highest BCUT2D eigenvalue weighted by atomic mass is 32.2. The molecule has 0 radical (unpaired) electrons. The molecule has 10 heteroatoms. The molecule has 1 aliphatic rings. The molecule has 0 unspecified atom stereocenters. The van der Waals surface area contributed by atoms with Crippen LogP contribution in [0.1, 0.15) is 27.2 Å². The zero-order valence-electron chi connectivity index (χ0n) is 16.4. The van der Waals surface area contributed by atoms with Gasteiger partial charge >= 0.3 is 5.97 Å². The number of carbonyl (C=O) groups excluding carboxylic acids is 2. The lowest BCUT2D eigenvalue weighted by molar-refractivity contribution is -0.113. The second kappa shape index (κ2) is 8.88. The zero-order chi connectivity index (χ0) is 21.1. The number of fused-ring (bicyclic) bond motifs is 1. The van der Waals surface area contributed by atoms with E-state index in [9.17, 15) is 9.59 Å². The summed E-state index contributed by atoms with van der Waals surface area (Å²) in [5.74, 6) is 0.499. The van der Waals surface area contributed by atoms with E-state index >= 15 is 0 Å². The molecule has 0 bridgehead atoms. The normalized spacial score (nSPS) is 12.5. The third-order valence-corrected chi connectivity index (χ3v) is 6.66. The monoisotopic (exact) mass is 445 g/mol. The first-order valence-electron chi connectivity index (χ1n) is 9.22. The molecule has 0 saturated heterocycles. The molecule has 1 aliphatic carbocycles. The van der Waals surface area contributed by atoms with E-state index in [2.05, 4.69) is 15.5 Å². The van der Waals surface area contributed by atoms with Gasteiger partial charge in [0.2, 0.25) is 11.8 Å². The minimum Gasteiger partial charge on any atom is -0.497 e. The first kappa shape index (κ1) is 20.4. The lowest BCUT2D eigenvalue weighted by Crippen LogP contribution is -2.16. The Balaban J connectivity index is 1.39. The SMILES string of the molecule is COC(=O)c1c(NC(=O)CSc2nnc(-c3ccc(OC)cc3)o2)sc2c1CCC2. The number of esters is 1. The lowest BCUT2D eigenvalue weighted by Gasteiger charge is -2.06. The maximum atomic E-state index is 12.4. The predicted molar refractivity (Wildman–Crippen MR) is 113 cm³/mol. The highest BCUT2D eigenvalue weighted by molar-refractivity contribution is 7.99. The second-order valence-electron chi connectivity index (χ2n) is 6.49. The van der Waals surface area contributed by atoms with Crippen molar-refractivity contribution in [3.63, 3.8) is 0 Å². The van der Waals surface area contributed by atoms with Gasteiger partial charge in [0.25, 0.3) is 5.22 Å². The van der Waals surface area contributed by atoms with Crippen LogP contribution in [-0.2, 0) is 22.4 Å². The van der Waals surface area contributed by atoms with E-state index in [0.717, 1.165) is 52.8 Å². The number of nitrogens with zero attached hydrogens (tertiary/aromatic N) is 2. The van der Waals surface area contributed by atoms with Crippen molar-refractivity contribution < 1.29 is 23.5 Å². The van der Waals surface area contributed by atoms with E-state index in [-0.39, 0.29) is 16.9 Å². The average Bonchev–Trinajstić information content (AvgIpc) is 3.48. The van der Waals surface area contributed by atoms with Crippen LogP contribution < -0.4 is 10.1 Å². The molecule has 1 aromatic carbocycles. The summed E-state index contributed by atoms with van der Waals surface area (Å²) < 4.78 is 15.7. The molecule has 3 aromatic rings. The lowest BCUT2D eigenvalue weighted by atomic mass is 10.1. The Morgan fingerprint density at radius 3 is 2.73 bits per heavy atom. The van der Waals surface area contributed by atoms with Crippen LogP contribution in [0.15, 0.2) is 33.9 Å². The second-order valence-corrected chi connectivity index (χ2v) is 8.52. The van der Waals surface area contributed by atoms with Crippen molar-refractivity contribution >= 4 is 40.0 Å². The zero-order valence-corrected chi connectivity index (χ0v) is 18.0. The third kappa shape index (κ3) is 4.19. The first-order valence-corrected chi connectivity index (χ1v) is 11.0. The topological polar surface area (TPSA) is 104 Å². The Hall–Kier alpha value is -2.85. The number of aryl methyl sites for hydroxylation is 1. The number of hydrogen-bond acceptors (Lipinski definition) is 9. The molecule has 0 saturated carbocycles. The highest BCUT2D eigenvalue weighted by Crippen LogP contribution is 2.39. The number of hydrogen-bond donors (Lipinski definition) is 1. The fourth-order valence-electron chi connectivity index (χ4n) is 3.22. The summed E-state index contributed by atoms with van der Waals surface area (Å²) in [6, 6.07) is 7.24. The molecule has 0 fully saturated rings. The molecule has 30 heavy (non-hydrogen) atoms. The maximum absolute atomic E-state index is 12.4. The fourth-order valence-corrected chi connectivity index (χ4v) is 5.08. The number of amides is 1. The molecule has 1 N–H and O–H groups in total. The molecule has 2 aromatic heterocycles. The standard InChI is InChI=1S/C20H19N3O5S2/c1-26-12-8-6-11(7-9-12)17-22-23-20(28-17)29-10-15(24)21-18-16(19(25)27-2)13-4-3-5-14(13)30-18/h6-9H,3-5,10H2,1-2H3,(H,21,24). The maximum Gasteiger partial charge on any atom is 0.341 e. The Labute approximate surface area is 181 Å². The number of thiophene rings is 1. The number of nitrogens with one attached hydrogen (secondary N) is 1. The van der Waals surface area contributed by atoms with E-state index < -0.39 is 5.97 Å². The Morgan fingerprint density at radius 2 is 2.00 bits per heavy atom. The minimum atomic E-state index is -0.418. The van der Waals surface area contributed by atoms with Crippen molar-refractivity contribution in [3.05, 3.63) is 40.3 Å². The Morgan fingerprint density at radius 1 is 1.20 bits per heavy atom. The van der Waals surface area contributed by atoms with Crippen LogP contribution in [0.4, 0.5) is 5.00 Å². The van der Waals surface area contributed by atoms with Crippen LogP contribution >= 0.6 is 23.1 Å². The first-order chi connectivity index (χ1) is 14.6. The number of thioether (sulfide) groups is 1. The van der Waals surface area contributed by atoms with Gasteiger partial charge < -0.3 is 19.2 Å². The van der Waals surface area contributed by atoms with Gasteiger partial charge in [-0.05, 0) is 49.1 Å². The van der Waals surface area contributed by atoms with Gasteiger partial charge in [-0.2, -0.15) is 0 Å². The quantitative estimate of drug-likeness (QED) is 0.432. The Bertz CT molecular complexity index is 1070. The molecular weight excluding hydrogens is 426 g/mol. The van der Waals surface area contributed by atoms with E-state index in [1.54, 1.807) is 19.2 Å². The van der Waals surface area contributed by atoms with Crippen LogP contribution in [0.2, 0.25) is 0 Å². The van der Waals surface area contributed by atoms with Gasteiger partial charge in [0.15, 0.2) is 0 Å².